The maximum atomic E-state index is 11.4. The van der Waals surface area contributed by atoms with Gasteiger partial charge in [0.2, 0.25) is 0 Å². The molecular formula is C15H15ClN2O4S. The summed E-state index contributed by atoms with van der Waals surface area (Å²) in [6.45, 7) is 5.07. The van der Waals surface area contributed by atoms with E-state index in [1.165, 1.54) is 18.2 Å². The van der Waals surface area contributed by atoms with Gasteiger partial charge < -0.3 is 5.11 Å². The lowest BCUT2D eigenvalue weighted by molar-refractivity contribution is 0.475. The van der Waals surface area contributed by atoms with Crippen molar-refractivity contribution >= 4 is 33.1 Å². The Hall–Kier alpha value is -1.96. The van der Waals surface area contributed by atoms with Crippen molar-refractivity contribution < 1.29 is 18.1 Å². The molecule has 2 aromatic rings. The first-order valence-corrected chi connectivity index (χ1v) is 8.41. The van der Waals surface area contributed by atoms with Crippen LogP contribution in [-0.2, 0) is 10.1 Å². The molecule has 0 amide bonds. The number of phenols is 1. The van der Waals surface area contributed by atoms with Gasteiger partial charge in [-0.15, -0.1) is 0 Å². The minimum Gasteiger partial charge on any atom is -0.506 e. The molecule has 0 bridgehead atoms. The summed E-state index contributed by atoms with van der Waals surface area (Å²) in [6.07, 6.45) is 0. The van der Waals surface area contributed by atoms with Crippen molar-refractivity contribution in [3.63, 3.8) is 0 Å². The number of phenolic OH excluding ortho intramolecular Hbond substituents is 1. The Labute approximate surface area is 139 Å². The number of rotatable bonds is 3. The number of halogens is 1. The van der Waals surface area contributed by atoms with Gasteiger partial charge >= 0.3 is 0 Å². The third-order valence-electron chi connectivity index (χ3n) is 3.30. The molecule has 2 N–H and O–H groups in total. The second-order valence-corrected chi connectivity index (χ2v) is 6.97. The minimum atomic E-state index is -4.33. The van der Waals surface area contributed by atoms with Crippen molar-refractivity contribution in [3.8, 4) is 5.75 Å². The Bertz CT molecular complexity index is 908. The lowest BCUT2D eigenvalue weighted by atomic mass is 10.1. The SMILES string of the molecule is Cc1cc(O)c(Cl)cc1/N=N/c1cc(S(=O)(=O)O)c(C)cc1C. The van der Waals surface area contributed by atoms with E-state index in [9.17, 15) is 18.1 Å². The van der Waals surface area contributed by atoms with Crippen LogP contribution in [0.3, 0.4) is 0 Å². The normalized spacial score (nSPS) is 12.0. The molecule has 0 unspecified atom stereocenters. The highest BCUT2D eigenvalue weighted by Gasteiger charge is 2.15. The van der Waals surface area contributed by atoms with E-state index in [0.29, 0.717) is 28.1 Å². The second kappa shape index (κ2) is 6.27. The van der Waals surface area contributed by atoms with Gasteiger partial charge in [-0.05, 0) is 55.7 Å². The minimum absolute atomic E-state index is 0.0525. The smallest absolute Gasteiger partial charge is 0.294 e. The first-order chi connectivity index (χ1) is 10.6. The summed E-state index contributed by atoms with van der Waals surface area (Å²) in [5.41, 5.74) is 2.55. The average Bonchev–Trinajstić information content (AvgIpc) is 2.41. The second-order valence-electron chi connectivity index (χ2n) is 5.17. The Kier molecular flexibility index (Phi) is 4.74. The fraction of sp³-hybridized carbons (Fsp3) is 0.200. The van der Waals surface area contributed by atoms with Crippen LogP contribution in [-0.4, -0.2) is 18.1 Å². The largest absolute Gasteiger partial charge is 0.506 e. The highest BCUT2D eigenvalue weighted by atomic mass is 35.5. The van der Waals surface area contributed by atoms with Gasteiger partial charge in [0.25, 0.3) is 10.1 Å². The molecule has 2 rings (SSSR count). The van der Waals surface area contributed by atoms with Crippen LogP contribution >= 0.6 is 11.6 Å². The van der Waals surface area contributed by atoms with Crippen LogP contribution in [0.1, 0.15) is 16.7 Å². The van der Waals surface area contributed by atoms with Crippen LogP contribution in [0.5, 0.6) is 5.75 Å². The molecule has 8 heteroatoms. The first-order valence-electron chi connectivity index (χ1n) is 6.59. The molecule has 0 aliphatic rings. The van der Waals surface area contributed by atoms with Crippen LogP contribution < -0.4 is 0 Å². The molecule has 0 aromatic heterocycles. The third-order valence-corrected chi connectivity index (χ3v) is 4.60. The maximum Gasteiger partial charge on any atom is 0.294 e. The van der Waals surface area contributed by atoms with E-state index in [2.05, 4.69) is 10.2 Å². The maximum absolute atomic E-state index is 11.4. The van der Waals surface area contributed by atoms with Crippen LogP contribution in [0.4, 0.5) is 11.4 Å². The monoisotopic (exact) mass is 354 g/mol. The fourth-order valence-electron chi connectivity index (χ4n) is 2.08. The number of aromatic hydroxyl groups is 1. The van der Waals surface area contributed by atoms with E-state index in [4.69, 9.17) is 11.6 Å². The predicted molar refractivity (Wildman–Crippen MR) is 87.8 cm³/mol. The van der Waals surface area contributed by atoms with Crippen molar-refractivity contribution in [2.45, 2.75) is 25.7 Å². The molecule has 0 fully saturated rings. The highest BCUT2D eigenvalue weighted by molar-refractivity contribution is 7.85. The number of hydrogen-bond donors (Lipinski definition) is 2. The summed E-state index contributed by atoms with van der Waals surface area (Å²) in [5.74, 6) is -0.0525. The molecule has 0 saturated carbocycles. The van der Waals surface area contributed by atoms with Crippen molar-refractivity contribution in [2.75, 3.05) is 0 Å². The summed E-state index contributed by atoms with van der Waals surface area (Å²) in [4.78, 5) is -0.211. The molecule has 23 heavy (non-hydrogen) atoms. The van der Waals surface area contributed by atoms with Gasteiger partial charge in [-0.1, -0.05) is 17.7 Å². The van der Waals surface area contributed by atoms with E-state index < -0.39 is 10.1 Å². The van der Waals surface area contributed by atoms with Crippen molar-refractivity contribution in [1.82, 2.24) is 0 Å². The Morgan fingerprint density at radius 3 is 2.00 bits per heavy atom. The van der Waals surface area contributed by atoms with Gasteiger partial charge in [0.15, 0.2) is 0 Å². The Morgan fingerprint density at radius 2 is 1.43 bits per heavy atom. The zero-order valence-electron chi connectivity index (χ0n) is 12.7. The first kappa shape index (κ1) is 17.4. The summed E-state index contributed by atoms with van der Waals surface area (Å²) < 4.78 is 32.0. The molecular weight excluding hydrogens is 340 g/mol. The fourth-order valence-corrected chi connectivity index (χ4v) is 2.96. The molecule has 122 valence electrons. The van der Waals surface area contributed by atoms with Gasteiger partial charge in [0, 0.05) is 0 Å². The van der Waals surface area contributed by atoms with Crippen LogP contribution in [0, 0.1) is 20.8 Å². The van der Waals surface area contributed by atoms with Crippen LogP contribution in [0.25, 0.3) is 0 Å². The van der Waals surface area contributed by atoms with Gasteiger partial charge in [0.1, 0.15) is 5.75 Å². The Balaban J connectivity index is 2.50. The molecule has 0 atom stereocenters. The van der Waals surface area contributed by atoms with Crippen LogP contribution in [0.15, 0.2) is 39.4 Å². The summed E-state index contributed by atoms with van der Waals surface area (Å²) in [5, 5.41) is 17.7. The molecule has 0 radical (unpaired) electrons. The topological polar surface area (TPSA) is 99.3 Å². The van der Waals surface area contributed by atoms with Crippen molar-refractivity contribution in [3.05, 3.63) is 46.0 Å². The number of hydrogen-bond acceptors (Lipinski definition) is 5. The molecule has 6 nitrogen and oxygen atoms in total. The average molecular weight is 355 g/mol. The van der Waals surface area contributed by atoms with Crippen LogP contribution in [0.2, 0.25) is 5.02 Å². The van der Waals surface area contributed by atoms with E-state index >= 15 is 0 Å². The van der Waals surface area contributed by atoms with Crippen molar-refractivity contribution in [2.24, 2.45) is 10.2 Å². The van der Waals surface area contributed by atoms with Gasteiger partial charge in [-0.2, -0.15) is 18.6 Å². The molecule has 0 saturated heterocycles. The van der Waals surface area contributed by atoms with Gasteiger partial charge in [-0.3, -0.25) is 4.55 Å². The predicted octanol–water partition coefficient (Wildman–Crippen LogP) is 4.63. The van der Waals surface area contributed by atoms with Crippen molar-refractivity contribution in [1.29, 1.82) is 0 Å². The molecule has 2 aromatic carbocycles. The van der Waals surface area contributed by atoms with E-state index in [-0.39, 0.29) is 15.7 Å². The Morgan fingerprint density at radius 1 is 0.913 bits per heavy atom. The lowest BCUT2D eigenvalue weighted by Gasteiger charge is -2.07. The van der Waals surface area contributed by atoms with E-state index in [0.717, 1.165) is 0 Å². The third kappa shape index (κ3) is 3.87. The number of aryl methyl sites for hydroxylation is 3. The molecule has 0 spiro atoms. The highest BCUT2D eigenvalue weighted by Crippen LogP contribution is 2.33. The summed E-state index contributed by atoms with van der Waals surface area (Å²) >= 11 is 5.84. The lowest BCUT2D eigenvalue weighted by Crippen LogP contribution is -2.01. The standard InChI is InChI=1S/C15H15ClN2O4S/c1-8-4-10(3)15(23(20,21)22)7-13(8)18-17-12-6-11(16)14(19)5-9(12)2/h4-7,19H,1-3H3,(H,20,21,22)/b18-17+. The quantitative estimate of drug-likeness (QED) is 0.619. The number of nitrogens with zero attached hydrogens (tertiary/aromatic N) is 2. The zero-order chi connectivity index (χ0) is 17.4. The van der Waals surface area contributed by atoms with E-state index in [1.54, 1.807) is 26.8 Å². The number of benzene rings is 2. The van der Waals surface area contributed by atoms with Gasteiger partial charge in [-0.25, -0.2) is 0 Å². The zero-order valence-corrected chi connectivity index (χ0v) is 14.3. The summed E-state index contributed by atoms with van der Waals surface area (Å²) in [6, 6.07) is 5.79. The molecule has 0 heterocycles. The van der Waals surface area contributed by atoms with E-state index in [1.807, 2.05) is 0 Å². The van der Waals surface area contributed by atoms with Gasteiger partial charge in [0.05, 0.1) is 21.3 Å². The molecule has 0 aliphatic carbocycles. The summed E-state index contributed by atoms with van der Waals surface area (Å²) in [7, 11) is -4.33. The molecule has 0 aliphatic heterocycles. The number of azo groups is 1.